The van der Waals surface area contributed by atoms with Crippen molar-refractivity contribution in [3.05, 3.63) is 11.8 Å². The van der Waals surface area contributed by atoms with Gasteiger partial charge in [0.2, 0.25) is 0 Å². The minimum atomic E-state index is 0.576. The van der Waals surface area contributed by atoms with Crippen LogP contribution in [0.3, 0.4) is 0 Å². The molecule has 12 heavy (non-hydrogen) atoms. The Morgan fingerprint density at radius 1 is 1.58 bits per heavy atom. The summed E-state index contributed by atoms with van der Waals surface area (Å²) in [5.41, 5.74) is 2.00. The molecule has 1 saturated carbocycles. The molecule has 1 aliphatic rings. The van der Waals surface area contributed by atoms with Gasteiger partial charge >= 0.3 is 0 Å². The van der Waals surface area contributed by atoms with E-state index in [-0.39, 0.29) is 0 Å². The molecule has 0 saturated heterocycles. The fourth-order valence-corrected chi connectivity index (χ4v) is 1.34. The highest BCUT2D eigenvalue weighted by Gasteiger charge is 2.19. The number of oxime groups is 1. The summed E-state index contributed by atoms with van der Waals surface area (Å²) in [4.78, 5) is 0. The predicted octanol–water partition coefficient (Wildman–Crippen LogP) is 0.0974. The molecule has 1 fully saturated rings. The number of quaternary nitrogens is 1. The minimum Gasteiger partial charge on any atom is -0.411 e. The van der Waals surface area contributed by atoms with Gasteiger partial charge in [0, 0.05) is 5.71 Å². The Balaban J connectivity index is 2.88. The Bertz CT molecular complexity index is 243. The number of hydrogen-bond donors (Lipinski definition) is 3. The summed E-state index contributed by atoms with van der Waals surface area (Å²) in [5.74, 6) is 0. The molecule has 0 aromatic rings. The average molecular weight is 168 g/mol. The summed E-state index contributed by atoms with van der Waals surface area (Å²) >= 11 is 0. The van der Waals surface area contributed by atoms with Crippen LogP contribution in [0.15, 0.2) is 16.9 Å². The second kappa shape index (κ2) is 4.01. The van der Waals surface area contributed by atoms with E-state index in [0.29, 0.717) is 11.4 Å². The Kier molecular flexibility index (Phi) is 2.99. The molecular formula is C8H14N3O+. The van der Waals surface area contributed by atoms with Gasteiger partial charge in [-0.2, -0.15) is 0 Å². The molecule has 0 atom stereocenters. The van der Waals surface area contributed by atoms with Crippen molar-refractivity contribution in [2.45, 2.75) is 19.3 Å². The van der Waals surface area contributed by atoms with Crippen molar-refractivity contribution < 1.29 is 10.5 Å². The van der Waals surface area contributed by atoms with Gasteiger partial charge < -0.3 is 15.9 Å². The summed E-state index contributed by atoms with van der Waals surface area (Å²) in [5, 5.41) is 21.3. The van der Waals surface area contributed by atoms with Gasteiger partial charge in [-0.15, -0.1) is 0 Å². The molecule has 1 aliphatic carbocycles. The zero-order valence-corrected chi connectivity index (χ0v) is 7.17. The van der Waals surface area contributed by atoms with Crippen LogP contribution >= 0.6 is 0 Å². The van der Waals surface area contributed by atoms with Gasteiger partial charge in [0.05, 0.1) is 18.3 Å². The summed E-state index contributed by atoms with van der Waals surface area (Å²) in [6, 6.07) is 0. The highest BCUT2D eigenvalue weighted by molar-refractivity contribution is 6.24. The molecular weight excluding hydrogens is 154 g/mol. The lowest BCUT2D eigenvalue weighted by atomic mass is 9.92. The van der Waals surface area contributed by atoms with Crippen molar-refractivity contribution in [2.24, 2.45) is 5.16 Å². The standard InChI is InChI=1S/C8H13N3O/c1-10-5-6-7(9)3-2-4-8(6)11-12/h5,9-10,12H,2-4H2,1H3/p+1/b6-5+,9-7?,11-8+. The molecule has 0 unspecified atom stereocenters. The van der Waals surface area contributed by atoms with Crippen LogP contribution in [0.4, 0.5) is 0 Å². The fourth-order valence-electron chi connectivity index (χ4n) is 1.34. The first-order chi connectivity index (χ1) is 5.79. The number of nitrogens with one attached hydrogen (secondary N) is 1. The van der Waals surface area contributed by atoms with E-state index in [1.54, 1.807) is 0 Å². The molecule has 4 nitrogen and oxygen atoms in total. The highest BCUT2D eigenvalue weighted by Crippen LogP contribution is 2.16. The summed E-state index contributed by atoms with van der Waals surface area (Å²) in [6.07, 6.45) is 4.31. The molecule has 0 aliphatic heterocycles. The van der Waals surface area contributed by atoms with Crippen LogP contribution in [0, 0.1) is 5.41 Å². The van der Waals surface area contributed by atoms with Gasteiger partial charge in [-0.25, -0.2) is 0 Å². The topological polar surface area (TPSA) is 73.0 Å². The molecule has 0 heterocycles. The lowest BCUT2D eigenvalue weighted by Crippen LogP contribution is -2.73. The van der Waals surface area contributed by atoms with Gasteiger partial charge in [0.1, 0.15) is 6.20 Å². The lowest BCUT2D eigenvalue weighted by Gasteiger charge is -2.14. The summed E-state index contributed by atoms with van der Waals surface area (Å²) in [6.45, 7) is 0. The molecule has 0 bridgehead atoms. The van der Waals surface area contributed by atoms with E-state index in [9.17, 15) is 0 Å². The Morgan fingerprint density at radius 3 is 2.92 bits per heavy atom. The molecule has 4 heteroatoms. The maximum absolute atomic E-state index is 8.64. The third-order valence-corrected chi connectivity index (χ3v) is 1.93. The van der Waals surface area contributed by atoms with Crippen LogP contribution in [0.1, 0.15) is 19.3 Å². The van der Waals surface area contributed by atoms with Crippen LogP contribution in [-0.2, 0) is 0 Å². The normalized spacial score (nSPS) is 25.2. The Morgan fingerprint density at radius 2 is 2.33 bits per heavy atom. The molecule has 0 radical (unpaired) electrons. The van der Waals surface area contributed by atoms with Gasteiger partial charge in [-0.1, -0.05) is 5.16 Å². The highest BCUT2D eigenvalue weighted by atomic mass is 16.4. The smallest absolute Gasteiger partial charge is 0.103 e. The second-order valence-electron chi connectivity index (χ2n) is 2.79. The predicted molar refractivity (Wildman–Crippen MR) is 46.7 cm³/mol. The number of nitrogens with two attached hydrogens (primary N) is 1. The van der Waals surface area contributed by atoms with Crippen LogP contribution < -0.4 is 5.32 Å². The third-order valence-electron chi connectivity index (χ3n) is 1.93. The van der Waals surface area contributed by atoms with Gasteiger partial charge in [-0.05, 0) is 19.3 Å². The van der Waals surface area contributed by atoms with Crippen molar-refractivity contribution in [1.29, 1.82) is 5.41 Å². The zero-order chi connectivity index (χ0) is 8.97. The number of hydrogen-bond acceptors (Lipinski definition) is 3. The number of rotatable bonds is 1. The third kappa shape index (κ3) is 1.71. The van der Waals surface area contributed by atoms with Crippen molar-refractivity contribution in [3.8, 4) is 0 Å². The van der Waals surface area contributed by atoms with Gasteiger partial charge in [0.25, 0.3) is 0 Å². The van der Waals surface area contributed by atoms with Crippen molar-refractivity contribution in [3.63, 3.8) is 0 Å². The molecule has 0 amide bonds. The lowest BCUT2D eigenvalue weighted by molar-refractivity contribution is -0.556. The molecule has 0 aromatic heterocycles. The van der Waals surface area contributed by atoms with E-state index in [0.717, 1.165) is 24.8 Å². The van der Waals surface area contributed by atoms with E-state index in [1.165, 1.54) is 0 Å². The first-order valence-electron chi connectivity index (χ1n) is 4.08. The molecule has 66 valence electrons. The van der Waals surface area contributed by atoms with Crippen LogP contribution in [0.5, 0.6) is 0 Å². The average Bonchev–Trinajstić information content (AvgIpc) is 2.09. The van der Waals surface area contributed by atoms with Gasteiger partial charge in [0.15, 0.2) is 0 Å². The van der Waals surface area contributed by atoms with Crippen molar-refractivity contribution in [1.82, 2.24) is 0 Å². The minimum absolute atomic E-state index is 0.576. The van der Waals surface area contributed by atoms with E-state index in [1.807, 2.05) is 18.6 Å². The summed E-state index contributed by atoms with van der Waals surface area (Å²) < 4.78 is 0. The molecule has 0 spiro atoms. The quantitative estimate of drug-likeness (QED) is 0.377. The van der Waals surface area contributed by atoms with E-state index in [4.69, 9.17) is 10.6 Å². The molecule has 4 N–H and O–H groups in total. The fraction of sp³-hybridized carbons (Fsp3) is 0.500. The van der Waals surface area contributed by atoms with E-state index in [2.05, 4.69) is 5.16 Å². The maximum Gasteiger partial charge on any atom is 0.103 e. The maximum atomic E-state index is 8.64. The van der Waals surface area contributed by atoms with Crippen molar-refractivity contribution in [2.75, 3.05) is 7.05 Å². The first kappa shape index (κ1) is 8.93. The van der Waals surface area contributed by atoms with Gasteiger partial charge in [-0.3, -0.25) is 0 Å². The first-order valence-corrected chi connectivity index (χ1v) is 4.08. The molecule has 1 rings (SSSR count). The Hall–Kier alpha value is -1.16. The molecule has 0 aromatic carbocycles. The van der Waals surface area contributed by atoms with Crippen LogP contribution in [-0.4, -0.2) is 23.7 Å². The van der Waals surface area contributed by atoms with Crippen molar-refractivity contribution >= 4 is 11.4 Å². The largest absolute Gasteiger partial charge is 0.411 e. The number of allylic oxidation sites excluding steroid dienone is 1. The van der Waals surface area contributed by atoms with E-state index >= 15 is 0 Å². The zero-order valence-electron chi connectivity index (χ0n) is 7.17. The SMILES string of the molecule is C[NH2+]/C=C1\C(=N)CCC\C1=N/O. The van der Waals surface area contributed by atoms with E-state index < -0.39 is 0 Å². The Labute approximate surface area is 71.5 Å². The van der Waals surface area contributed by atoms with Crippen LogP contribution in [0.25, 0.3) is 0 Å². The second-order valence-corrected chi connectivity index (χ2v) is 2.79. The van der Waals surface area contributed by atoms with Crippen LogP contribution in [0.2, 0.25) is 0 Å². The summed E-state index contributed by atoms with van der Waals surface area (Å²) in [7, 11) is 1.89. The monoisotopic (exact) mass is 168 g/mol. The number of nitrogens with zero attached hydrogens (tertiary/aromatic N) is 1.